The fraction of sp³-hybridized carbons (Fsp3) is 0.0588. The maximum Gasteiger partial charge on any atom is 0.138 e. The lowest BCUT2D eigenvalue weighted by molar-refractivity contribution is 0.800. The van der Waals surface area contributed by atoms with E-state index in [-0.39, 0.29) is 0 Å². The zero-order chi connectivity index (χ0) is 29.2. The van der Waals surface area contributed by atoms with Gasteiger partial charge in [-0.2, -0.15) is 29.7 Å². The number of benzene rings is 1. The molecule has 0 aliphatic rings. The summed E-state index contributed by atoms with van der Waals surface area (Å²) in [6.45, 7) is 2.08. The van der Waals surface area contributed by atoms with Gasteiger partial charge in [-0.3, -0.25) is 0 Å². The van der Waals surface area contributed by atoms with Crippen LogP contribution in [0.5, 0.6) is 0 Å². The molecule has 9 rings (SSSR count). The first kappa shape index (κ1) is 24.4. The molecule has 0 atom stereocenters. The van der Waals surface area contributed by atoms with Crippen molar-refractivity contribution in [1.29, 1.82) is 0 Å². The van der Waals surface area contributed by atoms with Gasteiger partial charge in [0.05, 0.1) is 23.4 Å². The highest BCUT2D eigenvalue weighted by Gasteiger charge is 2.22. The third kappa shape index (κ3) is 3.74. The maximum absolute atomic E-state index is 4.91. The predicted molar refractivity (Wildman–Crippen MR) is 169 cm³/mol. The summed E-state index contributed by atoms with van der Waals surface area (Å²) in [5.41, 5.74) is 12.8. The van der Waals surface area contributed by atoms with Crippen LogP contribution in [0.4, 0.5) is 0 Å². The van der Waals surface area contributed by atoms with Crippen LogP contribution in [0.15, 0.2) is 104 Å². The zero-order valence-corrected chi connectivity index (χ0v) is 23.6. The maximum atomic E-state index is 4.91. The van der Waals surface area contributed by atoms with Gasteiger partial charge in [0.25, 0.3) is 0 Å². The summed E-state index contributed by atoms with van der Waals surface area (Å²) in [5.74, 6) is 0. The minimum absolute atomic E-state index is 0.774. The van der Waals surface area contributed by atoms with Crippen molar-refractivity contribution in [2.45, 2.75) is 13.3 Å². The summed E-state index contributed by atoms with van der Waals surface area (Å²) < 4.78 is 3.32. The molecular weight excluding hydrogens is 548 g/mol. The van der Waals surface area contributed by atoms with Crippen LogP contribution >= 0.6 is 0 Å². The average molecular weight is 573 g/mol. The van der Waals surface area contributed by atoms with Crippen molar-refractivity contribution in [1.82, 2.24) is 49.6 Å². The van der Waals surface area contributed by atoms with Crippen molar-refractivity contribution in [2.24, 2.45) is 0 Å². The second-order valence-corrected chi connectivity index (χ2v) is 10.9. The molecule has 0 fully saturated rings. The van der Waals surface area contributed by atoms with Gasteiger partial charge in [-0.25, -0.2) is 9.97 Å². The largest absolute Gasteiger partial charge is 0.343 e. The Balaban J connectivity index is 1.28. The molecule has 2 N–H and O–H groups in total. The van der Waals surface area contributed by atoms with Crippen LogP contribution in [0, 0.1) is 6.92 Å². The Morgan fingerprint density at radius 1 is 0.614 bits per heavy atom. The fourth-order valence-electron chi connectivity index (χ4n) is 6.26. The molecule has 0 saturated carbocycles. The Morgan fingerprint density at radius 3 is 2.02 bits per heavy atom. The minimum atomic E-state index is 0.774. The Morgan fingerprint density at radius 2 is 1.27 bits per heavy atom. The van der Waals surface area contributed by atoms with Gasteiger partial charge in [0, 0.05) is 81.2 Å². The first-order chi connectivity index (χ1) is 21.7. The highest BCUT2D eigenvalue weighted by molar-refractivity contribution is 6.07. The number of aryl methyl sites for hydroxylation is 1. The first-order valence-electron chi connectivity index (χ1n) is 14.3. The van der Waals surface area contributed by atoms with Gasteiger partial charge >= 0.3 is 0 Å². The van der Waals surface area contributed by atoms with Crippen molar-refractivity contribution in [3.05, 3.63) is 121 Å². The minimum Gasteiger partial charge on any atom is -0.343 e. The Bertz CT molecular complexity index is 2500. The van der Waals surface area contributed by atoms with Gasteiger partial charge in [-0.1, -0.05) is 30.3 Å². The third-order valence-corrected chi connectivity index (χ3v) is 8.24. The molecule has 8 heterocycles. The van der Waals surface area contributed by atoms with Crippen molar-refractivity contribution in [3.8, 4) is 33.5 Å². The monoisotopic (exact) mass is 572 g/mol. The van der Waals surface area contributed by atoms with Crippen molar-refractivity contribution < 1.29 is 0 Å². The lowest BCUT2D eigenvalue weighted by Crippen LogP contribution is -1.92. The van der Waals surface area contributed by atoms with E-state index in [4.69, 9.17) is 9.97 Å². The summed E-state index contributed by atoms with van der Waals surface area (Å²) in [5, 5.41) is 19.9. The van der Waals surface area contributed by atoms with E-state index in [1.807, 2.05) is 55.1 Å². The zero-order valence-electron chi connectivity index (χ0n) is 23.6. The summed E-state index contributed by atoms with van der Waals surface area (Å²) in [4.78, 5) is 16.9. The van der Waals surface area contributed by atoms with Crippen LogP contribution in [-0.4, -0.2) is 49.6 Å². The second-order valence-electron chi connectivity index (χ2n) is 10.9. The topological polar surface area (TPSA) is 118 Å². The average Bonchev–Trinajstić information content (AvgIpc) is 3.85. The summed E-state index contributed by atoms with van der Waals surface area (Å²) in [7, 11) is 0. The summed E-state index contributed by atoms with van der Waals surface area (Å²) >= 11 is 0. The number of aromatic nitrogens is 10. The van der Waals surface area contributed by atoms with Gasteiger partial charge in [-0.05, 0) is 54.4 Å². The Labute approximate surface area is 250 Å². The van der Waals surface area contributed by atoms with Gasteiger partial charge in [0.2, 0.25) is 0 Å². The highest BCUT2D eigenvalue weighted by atomic mass is 15.4. The Hall–Kier alpha value is -6.16. The molecule has 0 spiro atoms. The summed E-state index contributed by atoms with van der Waals surface area (Å²) in [6.07, 6.45) is 11.8. The number of H-pyrrole nitrogens is 2. The standard InChI is InChI=1S/C34H24N10/c1-20-16-35-34-24(31(20)26-18-39-43-29(26)9-5-11-37-43)15-28(42-34)25-17-36-33-23(14-22(41-33)13-21-7-3-2-4-8-21)32(25)27-19-40-44-30(27)10-6-12-38-44/h2-12,14-19H,13H2,1H3,(H,35,42)(H,36,41). The number of hydrogen-bond donors (Lipinski definition) is 2. The number of nitrogens with one attached hydrogen (secondary N) is 2. The van der Waals surface area contributed by atoms with Gasteiger partial charge < -0.3 is 9.97 Å². The SMILES string of the molecule is Cc1cnc2[nH]c(-c3cnc4[nH]c(Cc5ccccc5)cc4c3-c3cnn4ncccc34)cc2c1-c1cnn2ncccc12. The van der Waals surface area contributed by atoms with E-state index in [0.29, 0.717) is 0 Å². The molecule has 210 valence electrons. The molecule has 1 aromatic carbocycles. The molecule has 0 bridgehead atoms. The van der Waals surface area contributed by atoms with Crippen molar-refractivity contribution >= 4 is 33.1 Å². The third-order valence-electron chi connectivity index (χ3n) is 8.24. The first-order valence-corrected chi connectivity index (χ1v) is 14.3. The van der Waals surface area contributed by atoms with Crippen LogP contribution in [0.25, 0.3) is 66.6 Å². The van der Waals surface area contributed by atoms with E-state index in [1.165, 1.54) is 5.56 Å². The molecule has 0 saturated heterocycles. The van der Waals surface area contributed by atoms with Gasteiger partial charge in [0.1, 0.15) is 11.3 Å². The molecule has 0 amide bonds. The lowest BCUT2D eigenvalue weighted by Gasteiger charge is -2.09. The molecule has 10 nitrogen and oxygen atoms in total. The van der Waals surface area contributed by atoms with Crippen molar-refractivity contribution in [2.75, 3.05) is 0 Å². The number of hydrogen-bond acceptors (Lipinski definition) is 6. The molecule has 44 heavy (non-hydrogen) atoms. The van der Waals surface area contributed by atoms with Gasteiger partial charge in [0.15, 0.2) is 0 Å². The molecule has 0 aliphatic carbocycles. The van der Waals surface area contributed by atoms with Crippen LogP contribution < -0.4 is 0 Å². The molecule has 0 radical (unpaired) electrons. The van der Waals surface area contributed by atoms with Crippen LogP contribution in [0.1, 0.15) is 16.8 Å². The van der Waals surface area contributed by atoms with E-state index in [2.05, 4.69) is 73.7 Å². The number of aromatic amines is 2. The van der Waals surface area contributed by atoms with E-state index in [1.54, 1.807) is 21.7 Å². The molecule has 0 aliphatic heterocycles. The van der Waals surface area contributed by atoms with Gasteiger partial charge in [-0.15, -0.1) is 0 Å². The normalized spacial score (nSPS) is 11.8. The lowest BCUT2D eigenvalue weighted by atomic mass is 9.96. The smallest absolute Gasteiger partial charge is 0.138 e. The van der Waals surface area contributed by atoms with Crippen LogP contribution in [-0.2, 0) is 6.42 Å². The molecule has 0 unspecified atom stereocenters. The number of pyridine rings is 2. The molecule has 8 aromatic heterocycles. The molecule has 9 aromatic rings. The molecular formula is C34H24N10. The van der Waals surface area contributed by atoms with Crippen LogP contribution in [0.3, 0.4) is 0 Å². The number of fused-ring (bicyclic) bond motifs is 4. The Kier molecular flexibility index (Phi) is 5.24. The predicted octanol–water partition coefficient (Wildman–Crippen LogP) is 6.42. The fourth-order valence-corrected chi connectivity index (χ4v) is 6.26. The highest BCUT2D eigenvalue weighted by Crippen LogP contribution is 2.41. The van der Waals surface area contributed by atoms with E-state index < -0.39 is 0 Å². The van der Waals surface area contributed by atoms with E-state index in [0.717, 1.165) is 84.3 Å². The number of rotatable bonds is 5. The quantitative estimate of drug-likeness (QED) is 0.246. The van der Waals surface area contributed by atoms with E-state index in [9.17, 15) is 0 Å². The number of nitrogens with zero attached hydrogens (tertiary/aromatic N) is 8. The second kappa shape index (κ2) is 9.43. The van der Waals surface area contributed by atoms with Crippen molar-refractivity contribution in [3.63, 3.8) is 0 Å². The summed E-state index contributed by atoms with van der Waals surface area (Å²) in [6, 6.07) is 22.7. The molecule has 10 heteroatoms. The van der Waals surface area contributed by atoms with E-state index >= 15 is 0 Å². The van der Waals surface area contributed by atoms with Crippen LogP contribution in [0.2, 0.25) is 0 Å².